The number of aromatic nitrogens is 1. The van der Waals surface area contributed by atoms with Crippen molar-refractivity contribution in [3.8, 4) is 0 Å². The van der Waals surface area contributed by atoms with Crippen molar-refractivity contribution in [3.05, 3.63) is 24.3 Å². The summed E-state index contributed by atoms with van der Waals surface area (Å²) < 4.78 is 5.27. The molecule has 0 saturated carbocycles. The van der Waals surface area contributed by atoms with Gasteiger partial charge in [0.2, 0.25) is 0 Å². The van der Waals surface area contributed by atoms with E-state index in [1.165, 1.54) is 0 Å². The summed E-state index contributed by atoms with van der Waals surface area (Å²) in [5.74, 6) is 0.912. The van der Waals surface area contributed by atoms with Gasteiger partial charge in [-0.15, -0.1) is 0 Å². The Bertz CT molecular complexity index is 490. The van der Waals surface area contributed by atoms with E-state index in [9.17, 15) is 0 Å². The first-order valence-corrected chi connectivity index (χ1v) is 5.01. The third kappa shape index (κ3) is 1.88. The van der Waals surface area contributed by atoms with Crippen LogP contribution >= 0.6 is 0 Å². The Labute approximate surface area is 108 Å². The Morgan fingerprint density at radius 2 is 2.12 bits per heavy atom. The van der Waals surface area contributed by atoms with E-state index in [0.29, 0.717) is 0 Å². The van der Waals surface area contributed by atoms with Crippen molar-refractivity contribution in [1.82, 2.24) is 9.97 Å². The second-order valence-electron chi connectivity index (χ2n) is 3.79. The number of hydrogen-bond donors (Lipinski definition) is 0. The van der Waals surface area contributed by atoms with Gasteiger partial charge < -0.3 is 14.1 Å². The predicted octanol–water partition coefficient (Wildman–Crippen LogP) is 1.11. The molecule has 0 atom stereocenters. The van der Waals surface area contributed by atoms with Gasteiger partial charge in [-0.1, -0.05) is 17.3 Å². The SMILES string of the molecule is CN1[B]N(c2noc3ccccc23)CC1.[Ir]. The first-order valence-electron chi connectivity index (χ1n) is 5.01. The van der Waals surface area contributed by atoms with Crippen molar-refractivity contribution >= 4 is 24.3 Å². The Balaban J connectivity index is 0.000000963. The molecular weight excluding hydrogens is 381 g/mol. The average molecular weight is 392 g/mol. The van der Waals surface area contributed by atoms with E-state index in [-0.39, 0.29) is 20.1 Å². The largest absolute Gasteiger partial charge is 0.384 e. The van der Waals surface area contributed by atoms with Crippen molar-refractivity contribution in [2.45, 2.75) is 0 Å². The standard InChI is InChI=1S/C10H11BN3O.Ir/c1-13-6-7-14(11-13)10-8-4-2-3-5-9(8)15-12-10;/h2-5H,6-7H2,1H3;. The third-order valence-electron chi connectivity index (χ3n) is 2.66. The second-order valence-corrected chi connectivity index (χ2v) is 3.79. The van der Waals surface area contributed by atoms with Gasteiger partial charge >= 0.3 is 7.55 Å². The number of fused-ring (bicyclic) bond motifs is 1. The van der Waals surface area contributed by atoms with Crippen LogP contribution in [0.4, 0.5) is 5.82 Å². The fraction of sp³-hybridized carbons (Fsp3) is 0.300. The van der Waals surface area contributed by atoms with Crippen molar-refractivity contribution in [2.75, 3.05) is 24.9 Å². The molecule has 1 aliphatic rings. The Morgan fingerprint density at radius 1 is 1.31 bits per heavy atom. The summed E-state index contributed by atoms with van der Waals surface area (Å²) in [6.45, 7) is 1.99. The molecule has 1 aromatic heterocycles. The maximum absolute atomic E-state index is 5.27. The van der Waals surface area contributed by atoms with Gasteiger partial charge in [0.25, 0.3) is 0 Å². The minimum atomic E-state index is 0. The molecule has 0 amide bonds. The third-order valence-corrected chi connectivity index (χ3v) is 2.66. The van der Waals surface area contributed by atoms with Crippen molar-refractivity contribution in [1.29, 1.82) is 0 Å². The molecule has 1 saturated heterocycles. The molecule has 0 spiro atoms. The van der Waals surface area contributed by atoms with Crippen molar-refractivity contribution < 1.29 is 24.6 Å². The normalized spacial score (nSPS) is 16.2. The summed E-state index contributed by atoms with van der Waals surface area (Å²) >= 11 is 0. The van der Waals surface area contributed by atoms with Gasteiger partial charge in [0.1, 0.15) is 0 Å². The molecule has 1 aliphatic heterocycles. The van der Waals surface area contributed by atoms with E-state index in [1.807, 2.05) is 24.3 Å². The Kier molecular flexibility index (Phi) is 3.33. The smallest absolute Gasteiger partial charge is 0.353 e. The summed E-state index contributed by atoms with van der Waals surface area (Å²) in [7, 11) is 4.12. The molecule has 2 radical (unpaired) electrons. The molecule has 2 aromatic rings. The molecule has 0 N–H and O–H groups in total. The maximum atomic E-state index is 5.27. The fourth-order valence-electron chi connectivity index (χ4n) is 1.86. The monoisotopic (exact) mass is 393 g/mol. The van der Waals surface area contributed by atoms with E-state index < -0.39 is 0 Å². The number of anilines is 1. The van der Waals surface area contributed by atoms with Crippen LogP contribution in [0.2, 0.25) is 0 Å². The Morgan fingerprint density at radius 3 is 2.88 bits per heavy atom. The Hall–Kier alpha value is -0.836. The molecular formula is C10H11BIrN3O. The van der Waals surface area contributed by atoms with Crippen LogP contribution < -0.4 is 4.81 Å². The predicted molar refractivity (Wildman–Crippen MR) is 59.7 cm³/mol. The topological polar surface area (TPSA) is 32.5 Å². The average Bonchev–Trinajstić information content (AvgIpc) is 2.83. The van der Waals surface area contributed by atoms with E-state index in [2.05, 4.69) is 29.4 Å². The number of benzene rings is 1. The molecule has 3 rings (SSSR count). The number of likely N-dealkylation sites (N-methyl/N-ethyl adjacent to an activating group) is 1. The number of rotatable bonds is 1. The zero-order valence-electron chi connectivity index (χ0n) is 8.88. The molecule has 1 aromatic carbocycles. The fourth-order valence-corrected chi connectivity index (χ4v) is 1.86. The minimum Gasteiger partial charge on any atom is -0.384 e. The quantitative estimate of drug-likeness (QED) is 0.681. The number of hydrogen-bond acceptors (Lipinski definition) is 4. The molecule has 0 aliphatic carbocycles. The first-order chi connectivity index (χ1) is 7.34. The van der Waals surface area contributed by atoms with Crippen LogP contribution in [-0.4, -0.2) is 37.7 Å². The molecule has 1 fully saturated rings. The first kappa shape index (κ1) is 11.6. The van der Waals surface area contributed by atoms with Crippen LogP contribution in [0.25, 0.3) is 11.0 Å². The molecule has 4 nitrogen and oxygen atoms in total. The van der Waals surface area contributed by atoms with Crippen LogP contribution in [0.15, 0.2) is 28.8 Å². The van der Waals surface area contributed by atoms with Gasteiger partial charge in [0, 0.05) is 33.2 Å². The number of para-hydroxylation sites is 1. The summed E-state index contributed by atoms with van der Waals surface area (Å²) in [5, 5.41) is 5.18. The zero-order chi connectivity index (χ0) is 10.3. The van der Waals surface area contributed by atoms with Crippen LogP contribution in [0.1, 0.15) is 0 Å². The van der Waals surface area contributed by atoms with Crippen LogP contribution in [0.3, 0.4) is 0 Å². The molecule has 0 unspecified atom stereocenters. The second kappa shape index (κ2) is 4.57. The van der Waals surface area contributed by atoms with Crippen molar-refractivity contribution in [2.24, 2.45) is 0 Å². The number of nitrogens with zero attached hydrogens (tertiary/aromatic N) is 3. The van der Waals surface area contributed by atoms with Gasteiger partial charge in [-0.05, 0) is 19.2 Å². The molecule has 16 heavy (non-hydrogen) atoms. The van der Waals surface area contributed by atoms with E-state index in [4.69, 9.17) is 4.52 Å². The van der Waals surface area contributed by atoms with Gasteiger partial charge in [0.15, 0.2) is 11.4 Å². The van der Waals surface area contributed by atoms with Gasteiger partial charge in [-0.3, -0.25) is 0 Å². The van der Waals surface area contributed by atoms with Crippen molar-refractivity contribution in [3.63, 3.8) is 0 Å². The van der Waals surface area contributed by atoms with Crippen LogP contribution in [0, 0.1) is 0 Å². The van der Waals surface area contributed by atoms with Crippen LogP contribution in [-0.2, 0) is 20.1 Å². The summed E-state index contributed by atoms with van der Waals surface area (Å²) in [6, 6.07) is 7.93. The van der Waals surface area contributed by atoms with E-state index >= 15 is 0 Å². The maximum Gasteiger partial charge on any atom is 0.353 e. The van der Waals surface area contributed by atoms with E-state index in [1.54, 1.807) is 0 Å². The van der Waals surface area contributed by atoms with Crippen LogP contribution in [0.5, 0.6) is 0 Å². The summed E-state index contributed by atoms with van der Waals surface area (Å²) in [4.78, 5) is 4.26. The molecule has 2 heterocycles. The van der Waals surface area contributed by atoms with Gasteiger partial charge in [0.05, 0.1) is 5.39 Å². The molecule has 0 bridgehead atoms. The van der Waals surface area contributed by atoms with E-state index in [0.717, 1.165) is 29.9 Å². The summed E-state index contributed by atoms with van der Waals surface area (Å²) in [5.41, 5.74) is 0.843. The molecule has 84 valence electrons. The zero-order valence-corrected chi connectivity index (χ0v) is 11.3. The molecule has 6 heteroatoms. The van der Waals surface area contributed by atoms with Gasteiger partial charge in [-0.25, -0.2) is 0 Å². The van der Waals surface area contributed by atoms with Gasteiger partial charge in [-0.2, -0.15) is 0 Å². The minimum absolute atomic E-state index is 0. The summed E-state index contributed by atoms with van der Waals surface area (Å²) in [6.07, 6.45) is 0.